The van der Waals surface area contributed by atoms with Crippen LogP contribution in [0.5, 0.6) is 5.75 Å². The molecule has 1 aromatic carbocycles. The van der Waals surface area contributed by atoms with E-state index in [0.29, 0.717) is 5.00 Å². The monoisotopic (exact) mass is 312 g/mol. The Balaban J connectivity index is 2.39. The number of carbonyl (C=O) groups excluding carboxylic acids is 1. The molecule has 4 N–H and O–H groups in total. The Bertz CT molecular complexity index is 766. The standard InChI is InChI=1S/C12H12N2O4S2/c1-7-4-11(19-6-7)14-20(17,18)8-2-3-10(15)9(5-8)12(13)16/h2-6,14-15H,1H3,(H2,13,16). The lowest BCUT2D eigenvalue weighted by Gasteiger charge is -2.08. The van der Waals surface area contributed by atoms with E-state index in [9.17, 15) is 18.3 Å². The van der Waals surface area contributed by atoms with Crippen molar-refractivity contribution in [2.75, 3.05) is 4.72 Å². The Morgan fingerprint density at radius 2 is 2.05 bits per heavy atom. The lowest BCUT2D eigenvalue weighted by Crippen LogP contribution is -2.15. The number of carbonyl (C=O) groups is 1. The summed E-state index contributed by atoms with van der Waals surface area (Å²) in [4.78, 5) is 11.0. The molecular formula is C12H12N2O4S2. The predicted molar refractivity (Wildman–Crippen MR) is 76.5 cm³/mol. The average molecular weight is 312 g/mol. The molecule has 0 saturated heterocycles. The van der Waals surface area contributed by atoms with Crippen LogP contribution in [0.1, 0.15) is 15.9 Å². The van der Waals surface area contributed by atoms with Crippen molar-refractivity contribution in [3.63, 3.8) is 0 Å². The van der Waals surface area contributed by atoms with Gasteiger partial charge in [-0.2, -0.15) is 0 Å². The minimum absolute atomic E-state index is 0.143. The molecule has 1 amide bonds. The van der Waals surface area contributed by atoms with Crippen molar-refractivity contribution in [2.24, 2.45) is 5.73 Å². The fraction of sp³-hybridized carbons (Fsp3) is 0.0833. The fourth-order valence-electron chi connectivity index (χ4n) is 1.56. The molecular weight excluding hydrogens is 300 g/mol. The van der Waals surface area contributed by atoms with Gasteiger partial charge < -0.3 is 10.8 Å². The normalized spacial score (nSPS) is 11.2. The van der Waals surface area contributed by atoms with E-state index >= 15 is 0 Å². The molecule has 0 unspecified atom stereocenters. The number of thiophene rings is 1. The number of primary amides is 1. The van der Waals surface area contributed by atoms with Crippen LogP contribution in [0, 0.1) is 6.92 Å². The predicted octanol–water partition coefficient (Wildman–Crippen LogP) is 1.66. The Morgan fingerprint density at radius 1 is 1.35 bits per heavy atom. The number of hydrogen-bond donors (Lipinski definition) is 3. The molecule has 0 atom stereocenters. The molecule has 0 aliphatic rings. The quantitative estimate of drug-likeness (QED) is 0.797. The molecule has 0 bridgehead atoms. The number of nitrogens with one attached hydrogen (secondary N) is 1. The summed E-state index contributed by atoms with van der Waals surface area (Å²) < 4.78 is 26.7. The van der Waals surface area contributed by atoms with E-state index in [1.807, 2.05) is 12.3 Å². The summed E-state index contributed by atoms with van der Waals surface area (Å²) in [6.45, 7) is 1.85. The molecule has 0 aliphatic carbocycles. The van der Waals surface area contributed by atoms with Crippen molar-refractivity contribution in [3.8, 4) is 5.75 Å². The third-order valence-electron chi connectivity index (χ3n) is 2.51. The van der Waals surface area contributed by atoms with Crippen LogP contribution in [0.4, 0.5) is 5.00 Å². The minimum Gasteiger partial charge on any atom is -0.507 e. The lowest BCUT2D eigenvalue weighted by atomic mass is 10.2. The Morgan fingerprint density at radius 3 is 2.60 bits per heavy atom. The molecule has 6 nitrogen and oxygen atoms in total. The molecule has 2 rings (SSSR count). The molecule has 0 saturated carbocycles. The molecule has 20 heavy (non-hydrogen) atoms. The van der Waals surface area contributed by atoms with Gasteiger partial charge in [-0.3, -0.25) is 9.52 Å². The highest BCUT2D eigenvalue weighted by Gasteiger charge is 2.18. The molecule has 0 aliphatic heterocycles. The molecule has 106 valence electrons. The van der Waals surface area contributed by atoms with E-state index in [1.54, 1.807) is 6.07 Å². The van der Waals surface area contributed by atoms with Crippen LogP contribution in [0.2, 0.25) is 0 Å². The lowest BCUT2D eigenvalue weighted by molar-refractivity contribution is 0.0997. The van der Waals surface area contributed by atoms with E-state index in [0.717, 1.165) is 17.7 Å². The van der Waals surface area contributed by atoms with Gasteiger partial charge in [0.15, 0.2) is 0 Å². The van der Waals surface area contributed by atoms with Gasteiger partial charge in [-0.05, 0) is 42.1 Å². The molecule has 2 aromatic rings. The minimum atomic E-state index is -3.83. The van der Waals surface area contributed by atoms with Gasteiger partial charge >= 0.3 is 0 Å². The molecule has 0 radical (unpaired) electrons. The summed E-state index contributed by atoms with van der Waals surface area (Å²) >= 11 is 1.25. The van der Waals surface area contributed by atoms with Crippen molar-refractivity contribution in [2.45, 2.75) is 11.8 Å². The number of aryl methyl sites for hydroxylation is 1. The summed E-state index contributed by atoms with van der Waals surface area (Å²) in [7, 11) is -3.83. The van der Waals surface area contributed by atoms with E-state index in [4.69, 9.17) is 5.73 Å². The van der Waals surface area contributed by atoms with Crippen molar-refractivity contribution < 1.29 is 18.3 Å². The maximum absolute atomic E-state index is 12.2. The van der Waals surface area contributed by atoms with Gasteiger partial charge in [0.05, 0.1) is 10.5 Å². The summed E-state index contributed by atoms with van der Waals surface area (Å²) in [6, 6.07) is 5.05. The van der Waals surface area contributed by atoms with E-state index in [2.05, 4.69) is 4.72 Å². The number of hydrogen-bond acceptors (Lipinski definition) is 5. The fourth-order valence-corrected chi connectivity index (χ4v) is 3.67. The zero-order valence-corrected chi connectivity index (χ0v) is 12.1. The number of aromatic hydroxyl groups is 1. The summed E-state index contributed by atoms with van der Waals surface area (Å²) in [5.41, 5.74) is 5.77. The average Bonchev–Trinajstić information content (AvgIpc) is 2.73. The second-order valence-electron chi connectivity index (χ2n) is 4.14. The van der Waals surface area contributed by atoms with Crippen LogP contribution in [0.25, 0.3) is 0 Å². The second-order valence-corrected chi connectivity index (χ2v) is 6.73. The molecule has 1 aromatic heterocycles. The van der Waals surface area contributed by atoms with Crippen molar-refractivity contribution in [3.05, 3.63) is 40.8 Å². The van der Waals surface area contributed by atoms with E-state index in [-0.39, 0.29) is 16.2 Å². The number of nitrogens with two attached hydrogens (primary N) is 1. The largest absolute Gasteiger partial charge is 0.507 e. The van der Waals surface area contributed by atoms with Crippen LogP contribution >= 0.6 is 11.3 Å². The van der Waals surface area contributed by atoms with Crippen molar-refractivity contribution in [1.29, 1.82) is 0 Å². The van der Waals surface area contributed by atoms with E-state index < -0.39 is 15.9 Å². The zero-order chi connectivity index (χ0) is 14.9. The van der Waals surface area contributed by atoms with Gasteiger partial charge in [-0.1, -0.05) is 0 Å². The highest BCUT2D eigenvalue weighted by molar-refractivity contribution is 7.93. The highest BCUT2D eigenvalue weighted by Crippen LogP contribution is 2.25. The van der Waals surface area contributed by atoms with Gasteiger partial charge in [0.2, 0.25) is 0 Å². The van der Waals surface area contributed by atoms with Crippen LogP contribution in [-0.2, 0) is 10.0 Å². The van der Waals surface area contributed by atoms with Crippen molar-refractivity contribution >= 4 is 32.3 Å². The van der Waals surface area contributed by atoms with E-state index in [1.165, 1.54) is 17.4 Å². The highest BCUT2D eigenvalue weighted by atomic mass is 32.2. The summed E-state index contributed by atoms with van der Waals surface area (Å²) in [6.07, 6.45) is 0. The third kappa shape index (κ3) is 2.91. The number of rotatable bonds is 4. The molecule has 1 heterocycles. The Hall–Kier alpha value is -2.06. The molecule has 0 spiro atoms. The maximum Gasteiger partial charge on any atom is 0.262 e. The number of phenols is 1. The molecule has 8 heteroatoms. The van der Waals surface area contributed by atoms with Crippen LogP contribution in [0.3, 0.4) is 0 Å². The smallest absolute Gasteiger partial charge is 0.262 e. The van der Waals surface area contributed by atoms with Gasteiger partial charge in [-0.25, -0.2) is 8.42 Å². The first-order valence-corrected chi connectivity index (χ1v) is 7.86. The Kier molecular flexibility index (Phi) is 3.69. The summed E-state index contributed by atoms with van der Waals surface area (Å²) in [5.74, 6) is -1.25. The topological polar surface area (TPSA) is 109 Å². The first kappa shape index (κ1) is 14.4. The van der Waals surface area contributed by atoms with Gasteiger partial charge in [-0.15, -0.1) is 11.3 Å². The number of sulfonamides is 1. The van der Waals surface area contributed by atoms with Crippen LogP contribution < -0.4 is 10.5 Å². The third-order valence-corrected chi connectivity index (χ3v) is 4.97. The Labute approximate surface area is 119 Å². The SMILES string of the molecule is Cc1csc(NS(=O)(=O)c2ccc(O)c(C(N)=O)c2)c1. The molecule has 0 fully saturated rings. The first-order chi connectivity index (χ1) is 9.29. The zero-order valence-electron chi connectivity index (χ0n) is 10.5. The number of anilines is 1. The second kappa shape index (κ2) is 5.14. The first-order valence-electron chi connectivity index (χ1n) is 5.50. The van der Waals surface area contributed by atoms with Crippen LogP contribution in [0.15, 0.2) is 34.5 Å². The van der Waals surface area contributed by atoms with Crippen molar-refractivity contribution in [1.82, 2.24) is 0 Å². The maximum atomic E-state index is 12.2. The van der Waals surface area contributed by atoms with Crippen LogP contribution in [-0.4, -0.2) is 19.4 Å². The van der Waals surface area contributed by atoms with Gasteiger partial charge in [0.25, 0.3) is 15.9 Å². The van der Waals surface area contributed by atoms with Gasteiger partial charge in [0, 0.05) is 0 Å². The van der Waals surface area contributed by atoms with Gasteiger partial charge in [0.1, 0.15) is 10.8 Å². The summed E-state index contributed by atoms with van der Waals surface area (Å²) in [5, 5.41) is 11.7. The number of benzene rings is 1. The number of amides is 1.